The molecular weight excluding hydrogens is 351 g/mol. The van der Waals surface area contributed by atoms with Crippen molar-refractivity contribution in [3.05, 3.63) is 34.9 Å². The maximum absolute atomic E-state index is 12.7. The van der Waals surface area contributed by atoms with Crippen molar-refractivity contribution in [1.29, 1.82) is 0 Å². The minimum Gasteiger partial charge on any atom is -0.345 e. The molecule has 2 aliphatic rings. The van der Waals surface area contributed by atoms with Gasteiger partial charge in [-0.05, 0) is 42.9 Å². The highest BCUT2D eigenvalue weighted by Gasteiger charge is 2.49. The number of halogens is 3. The first-order valence-electron chi connectivity index (χ1n) is 8.20. The maximum atomic E-state index is 12.7. The van der Waals surface area contributed by atoms with Gasteiger partial charge in [0.1, 0.15) is 18.6 Å². The number of aryl methyl sites for hydroxylation is 2. The van der Waals surface area contributed by atoms with Gasteiger partial charge in [0.25, 0.3) is 5.91 Å². The molecule has 1 atom stereocenters. The van der Waals surface area contributed by atoms with Crippen molar-refractivity contribution >= 4 is 17.8 Å². The molecule has 1 unspecified atom stereocenters. The van der Waals surface area contributed by atoms with Crippen LogP contribution in [0.3, 0.4) is 0 Å². The number of nitrogens with one attached hydrogen (secondary N) is 2. The van der Waals surface area contributed by atoms with Crippen LogP contribution in [0.5, 0.6) is 0 Å². The van der Waals surface area contributed by atoms with Crippen LogP contribution in [0, 0.1) is 0 Å². The Morgan fingerprint density at radius 3 is 2.65 bits per heavy atom. The summed E-state index contributed by atoms with van der Waals surface area (Å²) in [7, 11) is 0. The highest BCUT2D eigenvalue weighted by atomic mass is 19.4. The summed E-state index contributed by atoms with van der Waals surface area (Å²) < 4.78 is 36.5. The van der Waals surface area contributed by atoms with E-state index in [4.69, 9.17) is 0 Å². The first-order valence-corrected chi connectivity index (χ1v) is 8.20. The molecule has 0 aromatic heterocycles. The average molecular weight is 369 g/mol. The number of carbonyl (C=O) groups is 3. The van der Waals surface area contributed by atoms with Crippen LogP contribution in [0.1, 0.15) is 30.0 Å². The Hall–Kier alpha value is -2.58. The molecule has 6 nitrogen and oxygen atoms in total. The van der Waals surface area contributed by atoms with Gasteiger partial charge < -0.3 is 10.6 Å². The molecular formula is C17H18F3N3O3. The van der Waals surface area contributed by atoms with E-state index in [1.807, 2.05) is 12.1 Å². The van der Waals surface area contributed by atoms with Crippen molar-refractivity contribution in [2.24, 2.45) is 0 Å². The van der Waals surface area contributed by atoms with Crippen LogP contribution >= 0.6 is 0 Å². The maximum Gasteiger partial charge on any atom is 0.405 e. The Morgan fingerprint density at radius 2 is 1.96 bits per heavy atom. The number of benzene rings is 1. The van der Waals surface area contributed by atoms with Gasteiger partial charge >= 0.3 is 12.2 Å². The van der Waals surface area contributed by atoms with Gasteiger partial charge in [0.05, 0.1) is 0 Å². The van der Waals surface area contributed by atoms with Crippen LogP contribution in [-0.4, -0.2) is 42.0 Å². The van der Waals surface area contributed by atoms with Crippen LogP contribution in [0.25, 0.3) is 0 Å². The fourth-order valence-electron chi connectivity index (χ4n) is 3.32. The number of imide groups is 1. The van der Waals surface area contributed by atoms with Crippen molar-refractivity contribution in [1.82, 2.24) is 15.5 Å². The van der Waals surface area contributed by atoms with Crippen LogP contribution in [0.2, 0.25) is 0 Å². The predicted octanol–water partition coefficient (Wildman–Crippen LogP) is 1.62. The minimum atomic E-state index is -4.56. The third-order valence-electron chi connectivity index (χ3n) is 4.74. The van der Waals surface area contributed by atoms with Gasteiger partial charge in [0, 0.05) is 0 Å². The monoisotopic (exact) mass is 369 g/mol. The summed E-state index contributed by atoms with van der Waals surface area (Å²) in [6.07, 6.45) is -1.67. The lowest BCUT2D eigenvalue weighted by Crippen LogP contribution is -2.44. The van der Waals surface area contributed by atoms with Crippen molar-refractivity contribution in [3.8, 4) is 0 Å². The van der Waals surface area contributed by atoms with Gasteiger partial charge in [-0.15, -0.1) is 0 Å². The molecule has 0 spiro atoms. The van der Waals surface area contributed by atoms with Gasteiger partial charge in [-0.3, -0.25) is 14.5 Å². The molecule has 1 fully saturated rings. The molecule has 3 rings (SSSR count). The summed E-state index contributed by atoms with van der Waals surface area (Å²) in [6.45, 7) is -0.754. The van der Waals surface area contributed by atoms with E-state index in [1.54, 1.807) is 11.4 Å². The van der Waals surface area contributed by atoms with Gasteiger partial charge in [-0.25, -0.2) is 4.79 Å². The number of fused-ring (bicyclic) bond motifs is 1. The zero-order valence-electron chi connectivity index (χ0n) is 14.1. The topological polar surface area (TPSA) is 78.5 Å². The molecule has 1 saturated heterocycles. The Bertz CT molecular complexity index is 778. The van der Waals surface area contributed by atoms with Crippen molar-refractivity contribution in [2.45, 2.75) is 37.9 Å². The number of alkyl halides is 3. The summed E-state index contributed by atoms with van der Waals surface area (Å²) in [5.41, 5.74) is 1.57. The molecule has 0 bridgehead atoms. The fourth-order valence-corrected chi connectivity index (χ4v) is 3.32. The Morgan fingerprint density at radius 1 is 1.27 bits per heavy atom. The molecule has 1 aromatic rings. The minimum absolute atomic E-state index is 0.592. The van der Waals surface area contributed by atoms with Crippen LogP contribution in [0.4, 0.5) is 18.0 Å². The average Bonchev–Trinajstić information content (AvgIpc) is 3.11. The molecule has 0 saturated carbocycles. The lowest BCUT2D eigenvalue weighted by atomic mass is 9.89. The summed E-state index contributed by atoms with van der Waals surface area (Å²) in [4.78, 5) is 37.1. The molecule has 0 radical (unpaired) electrons. The second-order valence-corrected chi connectivity index (χ2v) is 6.68. The number of urea groups is 1. The number of rotatable bonds is 4. The molecule has 9 heteroatoms. The summed E-state index contributed by atoms with van der Waals surface area (Å²) in [5, 5.41) is 4.20. The van der Waals surface area contributed by atoms with Crippen LogP contribution < -0.4 is 10.6 Å². The molecule has 2 N–H and O–H groups in total. The quantitative estimate of drug-likeness (QED) is 0.792. The molecule has 4 amide bonds. The van der Waals surface area contributed by atoms with Crippen molar-refractivity contribution in [3.63, 3.8) is 0 Å². The number of hydrogen-bond acceptors (Lipinski definition) is 3. The zero-order valence-corrected chi connectivity index (χ0v) is 14.1. The second kappa shape index (κ2) is 6.30. The summed E-state index contributed by atoms with van der Waals surface area (Å²) >= 11 is 0. The second-order valence-electron chi connectivity index (χ2n) is 6.68. The van der Waals surface area contributed by atoms with E-state index in [2.05, 4.69) is 5.32 Å². The van der Waals surface area contributed by atoms with Gasteiger partial charge in [-0.1, -0.05) is 18.2 Å². The number of carbonyl (C=O) groups excluding carboxylic acids is 3. The fraction of sp³-hybridized carbons (Fsp3) is 0.471. The lowest BCUT2D eigenvalue weighted by molar-refractivity contribution is -0.141. The largest absolute Gasteiger partial charge is 0.405 e. The number of amides is 4. The highest BCUT2D eigenvalue weighted by molar-refractivity contribution is 6.09. The summed E-state index contributed by atoms with van der Waals surface area (Å²) in [6, 6.07) is 4.74. The SMILES string of the molecule is CC1(c2ccc3c(c2)CCC3)NC(=O)N(CC(=O)NCC(F)(F)F)C1=O. The molecule has 1 heterocycles. The smallest absolute Gasteiger partial charge is 0.345 e. The number of hydrogen-bond donors (Lipinski definition) is 2. The molecule has 1 aliphatic carbocycles. The first-order chi connectivity index (χ1) is 12.1. The van der Waals surface area contributed by atoms with Crippen molar-refractivity contribution in [2.75, 3.05) is 13.1 Å². The van der Waals surface area contributed by atoms with E-state index in [0.29, 0.717) is 10.5 Å². The molecule has 26 heavy (non-hydrogen) atoms. The van der Waals surface area contributed by atoms with Gasteiger partial charge in [0.15, 0.2) is 0 Å². The van der Waals surface area contributed by atoms with E-state index in [0.717, 1.165) is 24.8 Å². The van der Waals surface area contributed by atoms with E-state index in [-0.39, 0.29) is 0 Å². The first kappa shape index (κ1) is 18.2. The number of nitrogens with zero attached hydrogens (tertiary/aromatic N) is 1. The van der Waals surface area contributed by atoms with E-state index in [1.165, 1.54) is 12.5 Å². The van der Waals surface area contributed by atoms with Crippen LogP contribution in [0.15, 0.2) is 18.2 Å². The molecule has 1 aromatic carbocycles. The van der Waals surface area contributed by atoms with E-state index in [9.17, 15) is 27.6 Å². The third kappa shape index (κ3) is 3.38. The Kier molecular flexibility index (Phi) is 4.41. The zero-order chi connectivity index (χ0) is 19.1. The van der Waals surface area contributed by atoms with E-state index < -0.39 is 42.7 Å². The standard InChI is InChI=1S/C17H18F3N3O3/c1-16(12-6-5-10-3-2-4-11(10)7-12)14(25)23(15(26)22-16)8-13(24)21-9-17(18,19)20/h5-7H,2-4,8-9H2,1H3,(H,21,24)(H,22,26). The highest BCUT2D eigenvalue weighted by Crippen LogP contribution is 2.32. The van der Waals surface area contributed by atoms with E-state index >= 15 is 0 Å². The van der Waals surface area contributed by atoms with Crippen molar-refractivity contribution < 1.29 is 27.6 Å². The third-order valence-corrected chi connectivity index (χ3v) is 4.74. The van der Waals surface area contributed by atoms with Gasteiger partial charge in [0.2, 0.25) is 5.91 Å². The van der Waals surface area contributed by atoms with Crippen LogP contribution in [-0.2, 0) is 28.0 Å². The van der Waals surface area contributed by atoms with Gasteiger partial charge in [-0.2, -0.15) is 13.2 Å². The lowest BCUT2D eigenvalue weighted by Gasteiger charge is -2.23. The predicted molar refractivity (Wildman–Crippen MR) is 85.1 cm³/mol. The molecule has 1 aliphatic heterocycles. The normalized spacial score (nSPS) is 22.4. The Balaban J connectivity index is 1.74. The summed E-state index contributed by atoms with van der Waals surface area (Å²) in [5.74, 6) is -1.72. The Labute approximate surface area is 147 Å². The molecule has 140 valence electrons.